The van der Waals surface area contributed by atoms with E-state index in [1.54, 1.807) is 7.11 Å². The molecule has 36 heavy (non-hydrogen) atoms. The molecule has 0 heterocycles. The van der Waals surface area contributed by atoms with Gasteiger partial charge in [0.2, 0.25) is 5.91 Å². The van der Waals surface area contributed by atoms with Crippen LogP contribution < -0.4 is 9.64 Å². The Kier molecular flexibility index (Phi) is 9.55. The van der Waals surface area contributed by atoms with E-state index in [0.29, 0.717) is 17.7 Å². The van der Waals surface area contributed by atoms with E-state index in [0.717, 1.165) is 79.8 Å². The summed E-state index contributed by atoms with van der Waals surface area (Å²) in [6.07, 6.45) is 10.1. The fourth-order valence-electron chi connectivity index (χ4n) is 5.99. The molecule has 2 fully saturated rings. The molecule has 0 aromatic heterocycles. The van der Waals surface area contributed by atoms with Crippen LogP contribution in [0.3, 0.4) is 0 Å². The van der Waals surface area contributed by atoms with E-state index in [2.05, 4.69) is 48.7 Å². The van der Waals surface area contributed by atoms with Crippen molar-refractivity contribution in [2.45, 2.75) is 70.6 Å². The number of ether oxygens (including phenoxy) is 1. The van der Waals surface area contributed by atoms with Gasteiger partial charge in [0.05, 0.1) is 13.0 Å². The third kappa shape index (κ3) is 6.54. The first-order chi connectivity index (χ1) is 17.5. The zero-order valence-electron chi connectivity index (χ0n) is 21.9. The molecule has 0 radical (unpaired) electrons. The number of aryl methyl sites for hydroxylation is 1. The van der Waals surface area contributed by atoms with E-state index in [1.807, 2.05) is 12.1 Å². The first-order valence-corrected chi connectivity index (χ1v) is 14.5. The number of carbonyl (C=O) groups excluding carboxylic acids is 1. The van der Waals surface area contributed by atoms with Crippen molar-refractivity contribution in [3.63, 3.8) is 0 Å². The molecule has 0 saturated heterocycles. The van der Waals surface area contributed by atoms with Crippen LogP contribution in [0.1, 0.15) is 80.4 Å². The summed E-state index contributed by atoms with van der Waals surface area (Å²) in [6, 6.07) is 14.8. The average Bonchev–Trinajstić information content (AvgIpc) is 2.92. The Morgan fingerprint density at radius 3 is 2.47 bits per heavy atom. The van der Waals surface area contributed by atoms with Gasteiger partial charge in [0.1, 0.15) is 5.75 Å². The molecular weight excluding hydrogens is 466 g/mol. The molecule has 2 saturated carbocycles. The lowest BCUT2D eigenvalue weighted by molar-refractivity contribution is -0.123. The fourth-order valence-corrected chi connectivity index (χ4v) is 6.44. The summed E-state index contributed by atoms with van der Waals surface area (Å²) in [5.74, 6) is 2.47. The highest BCUT2D eigenvalue weighted by Gasteiger charge is 2.31. The second-order valence-electron chi connectivity index (χ2n) is 10.5. The molecule has 1 amide bonds. The monoisotopic (exact) mass is 507 g/mol. The number of amides is 1. The number of aliphatic hydroxyl groups is 1. The van der Waals surface area contributed by atoms with E-state index >= 15 is 0 Å². The topological polar surface area (TPSA) is 49.8 Å². The van der Waals surface area contributed by atoms with Gasteiger partial charge in [-0.3, -0.25) is 4.79 Å². The van der Waals surface area contributed by atoms with Crippen molar-refractivity contribution < 1.29 is 14.6 Å². The van der Waals surface area contributed by atoms with Gasteiger partial charge in [-0.05, 0) is 92.2 Å². The number of methoxy groups -OCH3 is 1. The number of hydrogen-bond acceptors (Lipinski definition) is 4. The van der Waals surface area contributed by atoms with Crippen molar-refractivity contribution in [2.24, 2.45) is 11.8 Å². The van der Waals surface area contributed by atoms with Gasteiger partial charge in [-0.15, -0.1) is 0 Å². The molecule has 2 aliphatic carbocycles. The van der Waals surface area contributed by atoms with Crippen LogP contribution in [0.25, 0.3) is 4.91 Å². The van der Waals surface area contributed by atoms with Crippen molar-refractivity contribution in [1.29, 1.82) is 0 Å². The highest BCUT2D eigenvalue weighted by atomic mass is 32.2. The maximum atomic E-state index is 13.8. The zero-order chi connectivity index (χ0) is 25.5. The molecule has 0 spiro atoms. The minimum Gasteiger partial charge on any atom is -0.496 e. The van der Waals surface area contributed by atoms with Gasteiger partial charge in [0.25, 0.3) is 0 Å². The standard InChI is InChI=1S/C31H41NO3S/c1-22-18-28(16-17-30(22)35-3)25-14-12-24(13-15-25)20-32(31(34)26-8-5-4-6-9-26)29-11-7-10-27(19-29)23(2)36-21-33/h7,10-11,16-19,24-26,33H,2,4-6,8-9,12-15,20-21H2,1,3H3. The lowest BCUT2D eigenvalue weighted by atomic mass is 9.78. The van der Waals surface area contributed by atoms with Gasteiger partial charge in [-0.25, -0.2) is 0 Å². The van der Waals surface area contributed by atoms with Crippen molar-refractivity contribution in [2.75, 3.05) is 24.5 Å². The van der Waals surface area contributed by atoms with Crippen LogP contribution in [0.15, 0.2) is 49.0 Å². The lowest BCUT2D eigenvalue weighted by Crippen LogP contribution is -2.41. The van der Waals surface area contributed by atoms with Gasteiger partial charge in [-0.2, -0.15) is 0 Å². The SMILES string of the molecule is C=C(SCO)c1cccc(N(CC2CCC(c3ccc(OC)c(C)c3)CC2)C(=O)C2CCCCC2)c1. The van der Waals surface area contributed by atoms with Crippen LogP contribution in [0, 0.1) is 18.8 Å². The predicted molar refractivity (Wildman–Crippen MR) is 152 cm³/mol. The van der Waals surface area contributed by atoms with E-state index < -0.39 is 0 Å². The number of anilines is 1. The van der Waals surface area contributed by atoms with E-state index in [1.165, 1.54) is 29.3 Å². The molecular formula is C31H41NO3S. The predicted octanol–water partition coefficient (Wildman–Crippen LogP) is 7.54. The normalized spacial score (nSPS) is 20.6. The third-order valence-corrected chi connectivity index (χ3v) is 8.83. The summed E-state index contributed by atoms with van der Waals surface area (Å²) in [5.41, 5.74) is 4.55. The molecule has 2 aromatic rings. The summed E-state index contributed by atoms with van der Waals surface area (Å²) < 4.78 is 5.44. The van der Waals surface area contributed by atoms with E-state index in [-0.39, 0.29) is 11.9 Å². The lowest BCUT2D eigenvalue weighted by Gasteiger charge is -2.35. The molecule has 0 aliphatic heterocycles. The van der Waals surface area contributed by atoms with Gasteiger partial charge < -0.3 is 14.7 Å². The highest BCUT2D eigenvalue weighted by molar-refractivity contribution is 8.08. The van der Waals surface area contributed by atoms with Crippen LogP contribution in [0.5, 0.6) is 5.75 Å². The number of thioether (sulfide) groups is 1. The van der Waals surface area contributed by atoms with Crippen LogP contribution in [-0.2, 0) is 4.79 Å². The Morgan fingerprint density at radius 2 is 1.81 bits per heavy atom. The summed E-state index contributed by atoms with van der Waals surface area (Å²) in [4.78, 5) is 16.7. The zero-order valence-corrected chi connectivity index (χ0v) is 22.7. The first-order valence-electron chi connectivity index (χ1n) is 13.5. The Morgan fingerprint density at radius 1 is 1.06 bits per heavy atom. The molecule has 0 atom stereocenters. The number of nitrogens with zero attached hydrogens (tertiary/aromatic N) is 1. The first kappa shape index (κ1) is 26.8. The molecule has 2 aliphatic rings. The molecule has 4 nitrogen and oxygen atoms in total. The van der Waals surface area contributed by atoms with Gasteiger partial charge in [-0.1, -0.05) is 61.9 Å². The van der Waals surface area contributed by atoms with Crippen LogP contribution in [0.2, 0.25) is 0 Å². The maximum absolute atomic E-state index is 13.8. The van der Waals surface area contributed by atoms with Crippen molar-refractivity contribution in [3.05, 3.63) is 65.7 Å². The highest BCUT2D eigenvalue weighted by Crippen LogP contribution is 2.39. The molecule has 2 aromatic carbocycles. The Hall–Kier alpha value is -2.24. The largest absolute Gasteiger partial charge is 0.496 e. The summed E-state index contributed by atoms with van der Waals surface area (Å²) in [7, 11) is 1.73. The third-order valence-electron chi connectivity index (χ3n) is 8.12. The summed E-state index contributed by atoms with van der Waals surface area (Å²) >= 11 is 1.33. The average molecular weight is 508 g/mol. The van der Waals surface area contributed by atoms with Crippen molar-refractivity contribution >= 4 is 28.3 Å². The Balaban J connectivity index is 1.48. The van der Waals surface area contributed by atoms with Crippen LogP contribution in [0.4, 0.5) is 5.69 Å². The number of rotatable bonds is 9. The minimum absolute atomic E-state index is 0.00470. The fraction of sp³-hybridized carbons (Fsp3) is 0.516. The number of aliphatic hydroxyl groups excluding tert-OH is 1. The van der Waals surface area contributed by atoms with Gasteiger partial charge in [0.15, 0.2) is 0 Å². The summed E-state index contributed by atoms with van der Waals surface area (Å²) in [5, 5.41) is 9.33. The number of hydrogen-bond donors (Lipinski definition) is 1. The molecule has 1 N–H and O–H groups in total. The molecule has 0 bridgehead atoms. The van der Waals surface area contributed by atoms with Crippen LogP contribution >= 0.6 is 11.8 Å². The number of benzene rings is 2. The molecule has 0 unspecified atom stereocenters. The van der Waals surface area contributed by atoms with Gasteiger partial charge >= 0.3 is 0 Å². The maximum Gasteiger partial charge on any atom is 0.230 e. The Labute approximate surface area is 221 Å². The number of carbonyl (C=O) groups is 1. The van der Waals surface area contributed by atoms with Crippen molar-refractivity contribution in [1.82, 2.24) is 0 Å². The van der Waals surface area contributed by atoms with E-state index in [9.17, 15) is 9.90 Å². The molecule has 4 rings (SSSR count). The quantitative estimate of drug-likeness (QED) is 0.356. The van der Waals surface area contributed by atoms with Gasteiger partial charge in [0, 0.05) is 23.1 Å². The molecule has 5 heteroatoms. The van der Waals surface area contributed by atoms with Crippen LogP contribution in [-0.4, -0.2) is 30.6 Å². The smallest absolute Gasteiger partial charge is 0.230 e. The van der Waals surface area contributed by atoms with E-state index in [4.69, 9.17) is 4.74 Å². The van der Waals surface area contributed by atoms with Crippen molar-refractivity contribution in [3.8, 4) is 5.75 Å². The second kappa shape index (κ2) is 12.8. The second-order valence-corrected chi connectivity index (χ2v) is 11.5. The minimum atomic E-state index is 0.00470. The Bertz CT molecular complexity index is 1040. The molecule has 194 valence electrons. The summed E-state index contributed by atoms with van der Waals surface area (Å²) in [6.45, 7) is 7.01.